The van der Waals surface area contributed by atoms with Crippen molar-refractivity contribution in [3.63, 3.8) is 0 Å². The highest BCUT2D eigenvalue weighted by Gasteiger charge is 2.05. The minimum atomic E-state index is -0.496. The number of carbonyl (C=O) groups is 1. The van der Waals surface area contributed by atoms with E-state index < -0.39 is 6.09 Å². The maximum absolute atomic E-state index is 10.9. The molecule has 1 N–H and O–H groups in total. The van der Waals surface area contributed by atoms with Gasteiger partial charge in [0.2, 0.25) is 0 Å². The number of methoxy groups -OCH3 is 1. The number of rotatable bonds is 1. The fourth-order valence-corrected chi connectivity index (χ4v) is 1.92. The molecule has 0 fully saturated rings. The molecule has 0 unspecified atom stereocenters. The number of hydrogen-bond acceptors (Lipinski definition) is 4. The monoisotopic (exact) mass is 208 g/mol. The Hall–Kier alpha value is -1.62. The van der Waals surface area contributed by atoms with E-state index in [4.69, 9.17) is 0 Å². The SMILES string of the molecule is COC(=O)Nc1nc2ccccc2s1. The molecule has 1 aromatic carbocycles. The van der Waals surface area contributed by atoms with Crippen molar-refractivity contribution in [1.82, 2.24) is 4.98 Å². The van der Waals surface area contributed by atoms with E-state index in [0.717, 1.165) is 10.2 Å². The first kappa shape index (κ1) is 8.96. The van der Waals surface area contributed by atoms with Gasteiger partial charge in [-0.15, -0.1) is 0 Å². The zero-order valence-corrected chi connectivity index (χ0v) is 8.30. The van der Waals surface area contributed by atoms with Gasteiger partial charge in [-0.05, 0) is 12.1 Å². The summed E-state index contributed by atoms with van der Waals surface area (Å²) in [7, 11) is 1.32. The van der Waals surface area contributed by atoms with Crippen LogP contribution in [0.5, 0.6) is 0 Å². The Morgan fingerprint density at radius 3 is 3.00 bits per heavy atom. The van der Waals surface area contributed by atoms with Crippen LogP contribution in [0.25, 0.3) is 10.2 Å². The lowest BCUT2D eigenvalue weighted by Gasteiger charge is -1.96. The van der Waals surface area contributed by atoms with E-state index >= 15 is 0 Å². The molecule has 1 heterocycles. The predicted octanol–water partition coefficient (Wildman–Crippen LogP) is 2.47. The second-order valence-corrected chi connectivity index (χ2v) is 3.63. The fraction of sp³-hybridized carbons (Fsp3) is 0.111. The number of aromatic nitrogens is 1. The number of benzene rings is 1. The van der Waals surface area contributed by atoms with Gasteiger partial charge in [-0.25, -0.2) is 9.78 Å². The molecule has 5 heteroatoms. The van der Waals surface area contributed by atoms with Gasteiger partial charge in [-0.3, -0.25) is 5.32 Å². The first-order valence-electron chi connectivity index (χ1n) is 4.00. The molecule has 0 aliphatic carbocycles. The Kier molecular flexibility index (Phi) is 2.32. The maximum Gasteiger partial charge on any atom is 0.413 e. The van der Waals surface area contributed by atoms with Crippen molar-refractivity contribution < 1.29 is 9.53 Å². The van der Waals surface area contributed by atoms with Gasteiger partial charge in [-0.1, -0.05) is 23.5 Å². The number of nitrogens with one attached hydrogen (secondary N) is 1. The summed E-state index contributed by atoms with van der Waals surface area (Å²) in [6, 6.07) is 7.69. The number of anilines is 1. The number of carbonyl (C=O) groups excluding carboxylic acids is 1. The standard InChI is InChI=1S/C9H8N2O2S/c1-13-9(12)11-8-10-6-4-2-3-5-7(6)14-8/h2-5H,1H3,(H,10,11,12). The van der Waals surface area contributed by atoms with E-state index in [-0.39, 0.29) is 0 Å². The molecule has 2 aromatic rings. The Labute approximate surface area is 84.5 Å². The average Bonchev–Trinajstić information content (AvgIpc) is 2.59. The zero-order chi connectivity index (χ0) is 9.97. The summed E-state index contributed by atoms with van der Waals surface area (Å²) in [6.07, 6.45) is -0.496. The van der Waals surface area contributed by atoms with Crippen molar-refractivity contribution in [1.29, 1.82) is 0 Å². The van der Waals surface area contributed by atoms with Gasteiger partial charge in [0.15, 0.2) is 5.13 Å². The van der Waals surface area contributed by atoms with Crippen molar-refractivity contribution in [3.05, 3.63) is 24.3 Å². The third-order valence-corrected chi connectivity index (χ3v) is 2.64. The quantitative estimate of drug-likeness (QED) is 0.783. The number of amides is 1. The van der Waals surface area contributed by atoms with Gasteiger partial charge in [0.25, 0.3) is 0 Å². The molecule has 4 nitrogen and oxygen atoms in total. The van der Waals surface area contributed by atoms with Crippen LogP contribution in [-0.4, -0.2) is 18.2 Å². The molecule has 0 radical (unpaired) electrons. The molecule has 1 aromatic heterocycles. The van der Waals surface area contributed by atoms with Crippen LogP contribution in [0.4, 0.5) is 9.93 Å². The molecule has 2 rings (SSSR count). The predicted molar refractivity (Wildman–Crippen MR) is 55.6 cm³/mol. The van der Waals surface area contributed by atoms with Crippen LogP contribution in [0.15, 0.2) is 24.3 Å². The van der Waals surface area contributed by atoms with Crippen molar-refractivity contribution >= 4 is 32.8 Å². The summed E-state index contributed by atoms with van der Waals surface area (Å²) in [4.78, 5) is 15.1. The topological polar surface area (TPSA) is 51.2 Å². The first-order valence-corrected chi connectivity index (χ1v) is 4.82. The Bertz CT molecular complexity index is 434. The molecule has 0 aliphatic heterocycles. The molecule has 0 aliphatic rings. The van der Waals surface area contributed by atoms with E-state index in [9.17, 15) is 4.79 Å². The summed E-state index contributed by atoms with van der Waals surface area (Å²) >= 11 is 1.42. The average molecular weight is 208 g/mol. The Morgan fingerprint density at radius 2 is 2.29 bits per heavy atom. The normalized spacial score (nSPS) is 10.1. The van der Waals surface area contributed by atoms with Gasteiger partial charge >= 0.3 is 6.09 Å². The highest BCUT2D eigenvalue weighted by atomic mass is 32.1. The third kappa shape index (κ3) is 1.67. The molecular weight excluding hydrogens is 200 g/mol. The van der Waals surface area contributed by atoms with E-state index in [2.05, 4.69) is 15.0 Å². The summed E-state index contributed by atoms with van der Waals surface area (Å²) < 4.78 is 5.51. The third-order valence-electron chi connectivity index (χ3n) is 1.69. The number of hydrogen-bond donors (Lipinski definition) is 1. The summed E-state index contributed by atoms with van der Waals surface area (Å²) in [5.74, 6) is 0. The van der Waals surface area contributed by atoms with Crippen LogP contribution in [0.3, 0.4) is 0 Å². The summed E-state index contributed by atoms with van der Waals surface area (Å²) in [5.41, 5.74) is 0.879. The largest absolute Gasteiger partial charge is 0.453 e. The number of ether oxygens (including phenoxy) is 1. The van der Waals surface area contributed by atoms with E-state index in [1.54, 1.807) is 0 Å². The lowest BCUT2D eigenvalue weighted by Crippen LogP contribution is -2.10. The van der Waals surface area contributed by atoms with Crippen LogP contribution in [0.1, 0.15) is 0 Å². The van der Waals surface area contributed by atoms with Crippen LogP contribution in [-0.2, 0) is 4.74 Å². The number of nitrogens with zero attached hydrogens (tertiary/aromatic N) is 1. The Balaban J connectivity index is 2.31. The highest BCUT2D eigenvalue weighted by molar-refractivity contribution is 7.22. The molecule has 1 amide bonds. The molecular formula is C9H8N2O2S. The zero-order valence-electron chi connectivity index (χ0n) is 7.48. The van der Waals surface area contributed by atoms with Gasteiger partial charge in [0.05, 0.1) is 17.3 Å². The number of fused-ring (bicyclic) bond motifs is 1. The first-order chi connectivity index (χ1) is 6.79. The van der Waals surface area contributed by atoms with Crippen molar-refractivity contribution in [2.75, 3.05) is 12.4 Å². The number of thiazole rings is 1. The van der Waals surface area contributed by atoms with Crippen molar-refractivity contribution in [2.45, 2.75) is 0 Å². The lowest BCUT2D eigenvalue weighted by molar-refractivity contribution is 0.187. The molecule has 0 bridgehead atoms. The summed E-state index contributed by atoms with van der Waals surface area (Å²) in [6.45, 7) is 0. The molecule has 0 atom stereocenters. The van der Waals surface area contributed by atoms with Crippen LogP contribution in [0, 0.1) is 0 Å². The summed E-state index contributed by atoms with van der Waals surface area (Å²) in [5, 5.41) is 3.08. The maximum atomic E-state index is 10.9. The van der Waals surface area contributed by atoms with Crippen LogP contribution < -0.4 is 5.32 Å². The van der Waals surface area contributed by atoms with Crippen molar-refractivity contribution in [3.8, 4) is 0 Å². The minimum absolute atomic E-state index is 0.496. The van der Waals surface area contributed by atoms with Gasteiger partial charge in [0, 0.05) is 0 Å². The fourth-order valence-electron chi connectivity index (χ4n) is 1.06. The van der Waals surface area contributed by atoms with Crippen LogP contribution >= 0.6 is 11.3 Å². The molecule has 72 valence electrons. The molecule has 0 spiro atoms. The van der Waals surface area contributed by atoms with Crippen molar-refractivity contribution in [2.24, 2.45) is 0 Å². The van der Waals surface area contributed by atoms with E-state index in [1.807, 2.05) is 24.3 Å². The highest BCUT2D eigenvalue weighted by Crippen LogP contribution is 2.25. The van der Waals surface area contributed by atoms with Gasteiger partial charge < -0.3 is 4.74 Å². The lowest BCUT2D eigenvalue weighted by atomic mass is 10.3. The van der Waals surface area contributed by atoms with Gasteiger partial charge in [0.1, 0.15) is 0 Å². The second kappa shape index (κ2) is 3.63. The second-order valence-electron chi connectivity index (χ2n) is 2.60. The minimum Gasteiger partial charge on any atom is -0.453 e. The molecule has 0 saturated carbocycles. The molecule has 0 saturated heterocycles. The van der Waals surface area contributed by atoms with Crippen LogP contribution in [0.2, 0.25) is 0 Å². The Morgan fingerprint density at radius 1 is 1.50 bits per heavy atom. The van der Waals surface area contributed by atoms with Gasteiger partial charge in [-0.2, -0.15) is 0 Å². The van der Waals surface area contributed by atoms with E-state index in [1.165, 1.54) is 18.4 Å². The number of para-hydroxylation sites is 1. The van der Waals surface area contributed by atoms with E-state index in [0.29, 0.717) is 5.13 Å². The smallest absolute Gasteiger partial charge is 0.413 e. The molecule has 14 heavy (non-hydrogen) atoms.